The van der Waals surface area contributed by atoms with Crippen molar-refractivity contribution in [2.75, 3.05) is 0 Å². The third-order valence-corrected chi connectivity index (χ3v) is 3.77. The molecule has 0 amide bonds. The Hall–Kier alpha value is -2.65. The van der Waals surface area contributed by atoms with Crippen LogP contribution in [0.15, 0.2) is 66.9 Å². The van der Waals surface area contributed by atoms with Gasteiger partial charge in [-0.2, -0.15) is 0 Å². The summed E-state index contributed by atoms with van der Waals surface area (Å²) in [6.45, 7) is 0.515. The highest BCUT2D eigenvalue weighted by Crippen LogP contribution is 2.28. The lowest BCUT2D eigenvalue weighted by atomic mass is 10.0. The fourth-order valence-electron chi connectivity index (χ4n) is 2.28. The summed E-state index contributed by atoms with van der Waals surface area (Å²) in [6.07, 6.45) is 2.31. The van der Waals surface area contributed by atoms with Gasteiger partial charge in [0.25, 0.3) is 0 Å². The van der Waals surface area contributed by atoms with Gasteiger partial charge in [0.2, 0.25) is 0 Å². The highest BCUT2D eigenvalue weighted by molar-refractivity contribution is 6.32. The molecule has 4 heteroatoms. The molecule has 0 aliphatic rings. The van der Waals surface area contributed by atoms with E-state index in [0.29, 0.717) is 12.2 Å². The third kappa shape index (κ3) is 3.58. The summed E-state index contributed by atoms with van der Waals surface area (Å²) >= 11 is 5.96. The maximum absolute atomic E-state index is 11.2. The molecular weight excluding hydrogens is 310 g/mol. The fourth-order valence-corrected chi connectivity index (χ4v) is 2.49. The maximum Gasteiger partial charge on any atom is 0.153 e. The van der Waals surface area contributed by atoms with Crippen molar-refractivity contribution in [1.82, 2.24) is 4.98 Å². The smallest absolute Gasteiger partial charge is 0.153 e. The minimum atomic E-state index is 0.210. The Kier molecular flexibility index (Phi) is 4.69. The van der Waals surface area contributed by atoms with Crippen LogP contribution in [0.1, 0.15) is 15.9 Å². The van der Waals surface area contributed by atoms with Crippen molar-refractivity contribution < 1.29 is 9.53 Å². The molecule has 114 valence electrons. The van der Waals surface area contributed by atoms with Crippen LogP contribution in [0.2, 0.25) is 5.15 Å². The Morgan fingerprint density at radius 2 is 1.74 bits per heavy atom. The second kappa shape index (κ2) is 7.07. The molecular formula is C19H14ClNO2. The van der Waals surface area contributed by atoms with Gasteiger partial charge in [-0.05, 0) is 34.9 Å². The van der Waals surface area contributed by atoms with E-state index in [1.54, 1.807) is 12.3 Å². The summed E-state index contributed by atoms with van der Waals surface area (Å²) in [5, 5.41) is 0.210. The van der Waals surface area contributed by atoms with Gasteiger partial charge >= 0.3 is 0 Å². The third-order valence-electron chi connectivity index (χ3n) is 3.47. The Morgan fingerprint density at radius 3 is 2.43 bits per heavy atom. The molecule has 0 aliphatic carbocycles. The quantitative estimate of drug-likeness (QED) is 0.500. The average Bonchev–Trinajstić information content (AvgIpc) is 2.61. The highest BCUT2D eigenvalue weighted by atomic mass is 35.5. The maximum atomic E-state index is 11.2. The van der Waals surface area contributed by atoms with Gasteiger partial charge in [-0.1, -0.05) is 54.1 Å². The minimum absolute atomic E-state index is 0.210. The molecule has 0 spiro atoms. The summed E-state index contributed by atoms with van der Waals surface area (Å²) in [5.41, 5.74) is 3.16. The number of aldehydes is 1. The molecule has 0 radical (unpaired) electrons. The van der Waals surface area contributed by atoms with E-state index in [2.05, 4.69) is 4.98 Å². The molecule has 0 bridgehead atoms. The summed E-state index contributed by atoms with van der Waals surface area (Å²) in [5.74, 6) is 0.769. The van der Waals surface area contributed by atoms with Crippen LogP contribution in [0.3, 0.4) is 0 Å². The van der Waals surface area contributed by atoms with Crippen molar-refractivity contribution in [3.05, 3.63) is 83.1 Å². The van der Waals surface area contributed by atoms with Crippen LogP contribution in [-0.4, -0.2) is 11.3 Å². The number of nitrogens with zero attached hydrogens (tertiary/aromatic N) is 1. The van der Waals surface area contributed by atoms with Gasteiger partial charge in [-0.3, -0.25) is 4.79 Å². The monoisotopic (exact) mass is 323 g/mol. The second-order valence-corrected chi connectivity index (χ2v) is 5.34. The lowest BCUT2D eigenvalue weighted by molar-refractivity contribution is 0.112. The van der Waals surface area contributed by atoms with Crippen LogP contribution in [-0.2, 0) is 6.61 Å². The SMILES string of the molecule is O=Cc1c(-c2ccc(OCc3ccccc3)cc2)ccnc1Cl. The lowest BCUT2D eigenvalue weighted by Crippen LogP contribution is -1.95. The lowest BCUT2D eigenvalue weighted by Gasteiger charge is -2.09. The largest absolute Gasteiger partial charge is 0.489 e. The van der Waals surface area contributed by atoms with Crippen molar-refractivity contribution >= 4 is 17.9 Å². The second-order valence-electron chi connectivity index (χ2n) is 4.98. The number of aromatic nitrogens is 1. The number of ether oxygens (including phenoxy) is 1. The highest BCUT2D eigenvalue weighted by Gasteiger charge is 2.09. The van der Waals surface area contributed by atoms with E-state index < -0.39 is 0 Å². The molecule has 0 atom stereocenters. The first-order chi connectivity index (χ1) is 11.3. The number of carbonyl (C=O) groups is 1. The summed E-state index contributed by atoms with van der Waals surface area (Å²) < 4.78 is 5.76. The standard InChI is InChI=1S/C19H14ClNO2/c20-19-18(12-22)17(10-11-21-19)15-6-8-16(9-7-15)23-13-14-4-2-1-3-5-14/h1-12H,13H2. The van der Waals surface area contributed by atoms with Gasteiger partial charge in [0, 0.05) is 6.20 Å². The van der Waals surface area contributed by atoms with Crippen molar-refractivity contribution in [2.24, 2.45) is 0 Å². The number of pyridine rings is 1. The Labute approximate surface area is 139 Å². The molecule has 3 nitrogen and oxygen atoms in total. The van der Waals surface area contributed by atoms with Gasteiger partial charge < -0.3 is 4.74 Å². The molecule has 0 N–H and O–H groups in total. The molecule has 3 rings (SSSR count). The predicted octanol–water partition coefficient (Wildman–Crippen LogP) is 4.79. The molecule has 0 saturated heterocycles. The molecule has 0 unspecified atom stereocenters. The van der Waals surface area contributed by atoms with Crippen LogP contribution >= 0.6 is 11.6 Å². The van der Waals surface area contributed by atoms with Gasteiger partial charge in [-0.25, -0.2) is 4.98 Å². The molecule has 1 aromatic heterocycles. The average molecular weight is 324 g/mol. The summed E-state index contributed by atoms with van der Waals surface area (Å²) in [4.78, 5) is 15.1. The van der Waals surface area contributed by atoms with E-state index in [1.807, 2.05) is 54.6 Å². The first kappa shape index (κ1) is 15.3. The van der Waals surface area contributed by atoms with Crippen molar-refractivity contribution in [2.45, 2.75) is 6.61 Å². The normalized spacial score (nSPS) is 10.3. The van der Waals surface area contributed by atoms with E-state index in [-0.39, 0.29) is 5.15 Å². The van der Waals surface area contributed by atoms with Crippen LogP contribution in [0.5, 0.6) is 5.75 Å². The number of hydrogen-bond donors (Lipinski definition) is 0. The van der Waals surface area contributed by atoms with E-state index in [0.717, 1.165) is 28.7 Å². The van der Waals surface area contributed by atoms with Gasteiger partial charge in [0.05, 0.1) is 5.56 Å². The van der Waals surface area contributed by atoms with E-state index in [4.69, 9.17) is 16.3 Å². The molecule has 0 fully saturated rings. The number of halogens is 1. The van der Waals surface area contributed by atoms with Crippen LogP contribution < -0.4 is 4.74 Å². The van der Waals surface area contributed by atoms with Crippen molar-refractivity contribution in [3.8, 4) is 16.9 Å². The van der Waals surface area contributed by atoms with Crippen LogP contribution in [0, 0.1) is 0 Å². The number of benzene rings is 2. The van der Waals surface area contributed by atoms with E-state index >= 15 is 0 Å². The van der Waals surface area contributed by atoms with Gasteiger partial charge in [-0.15, -0.1) is 0 Å². The molecule has 23 heavy (non-hydrogen) atoms. The fraction of sp³-hybridized carbons (Fsp3) is 0.0526. The summed E-state index contributed by atoms with van der Waals surface area (Å²) in [6, 6.07) is 19.3. The zero-order valence-electron chi connectivity index (χ0n) is 12.3. The van der Waals surface area contributed by atoms with Crippen LogP contribution in [0.4, 0.5) is 0 Å². The van der Waals surface area contributed by atoms with E-state index in [1.165, 1.54) is 0 Å². The van der Waals surface area contributed by atoms with Crippen LogP contribution in [0.25, 0.3) is 11.1 Å². The van der Waals surface area contributed by atoms with Gasteiger partial charge in [0.15, 0.2) is 6.29 Å². The first-order valence-corrected chi connectivity index (χ1v) is 7.52. The molecule has 0 aliphatic heterocycles. The molecule has 3 aromatic rings. The number of rotatable bonds is 5. The molecule has 1 heterocycles. The van der Waals surface area contributed by atoms with Crippen molar-refractivity contribution in [3.63, 3.8) is 0 Å². The number of carbonyl (C=O) groups excluding carboxylic acids is 1. The minimum Gasteiger partial charge on any atom is -0.489 e. The zero-order valence-corrected chi connectivity index (χ0v) is 13.0. The zero-order chi connectivity index (χ0) is 16.1. The molecule has 2 aromatic carbocycles. The van der Waals surface area contributed by atoms with Crippen molar-refractivity contribution in [1.29, 1.82) is 0 Å². The first-order valence-electron chi connectivity index (χ1n) is 7.15. The van der Waals surface area contributed by atoms with Gasteiger partial charge in [0.1, 0.15) is 17.5 Å². The molecule has 0 saturated carbocycles. The Balaban J connectivity index is 1.77. The Bertz CT molecular complexity index is 801. The topological polar surface area (TPSA) is 39.2 Å². The number of hydrogen-bond acceptors (Lipinski definition) is 3. The predicted molar refractivity (Wildman–Crippen MR) is 90.8 cm³/mol. The van der Waals surface area contributed by atoms with E-state index in [9.17, 15) is 4.79 Å². The Morgan fingerprint density at radius 1 is 1.00 bits per heavy atom. The summed E-state index contributed by atoms with van der Waals surface area (Å²) in [7, 11) is 0.